The number of carboxylic acids is 1. The monoisotopic (exact) mass is 342 g/mol. The van der Waals surface area contributed by atoms with Crippen LogP contribution in [0.4, 0.5) is 5.69 Å². The minimum Gasteiger partial charge on any atom is -0.478 e. The van der Waals surface area contributed by atoms with Gasteiger partial charge in [-0.2, -0.15) is 0 Å². The maximum Gasteiger partial charge on any atom is 0.335 e. The second-order valence-electron chi connectivity index (χ2n) is 7.08. The molecule has 0 radical (unpaired) electrons. The molecule has 1 heterocycles. The molecule has 0 spiro atoms. The van der Waals surface area contributed by atoms with Gasteiger partial charge in [-0.05, 0) is 49.3 Å². The molecule has 1 aromatic rings. The molecule has 1 aromatic carbocycles. The lowest BCUT2D eigenvalue weighted by Gasteiger charge is -2.19. The molecule has 7 heteroatoms. The average molecular weight is 342 g/mol. The van der Waals surface area contributed by atoms with Gasteiger partial charge in [0.2, 0.25) is 17.7 Å². The van der Waals surface area contributed by atoms with Gasteiger partial charge in [0.05, 0.1) is 17.4 Å². The van der Waals surface area contributed by atoms with Gasteiger partial charge in [-0.25, -0.2) is 4.79 Å². The van der Waals surface area contributed by atoms with Crippen molar-refractivity contribution in [3.63, 3.8) is 0 Å². The van der Waals surface area contributed by atoms with Crippen LogP contribution in [0.1, 0.15) is 29.6 Å². The Morgan fingerprint density at radius 3 is 2.36 bits per heavy atom. The summed E-state index contributed by atoms with van der Waals surface area (Å²) in [6.45, 7) is -0.318. The van der Waals surface area contributed by atoms with E-state index in [0.717, 1.165) is 24.2 Å². The smallest absolute Gasteiger partial charge is 0.335 e. The molecule has 3 fully saturated rings. The molecule has 4 rings (SSSR count). The van der Waals surface area contributed by atoms with Gasteiger partial charge in [0.1, 0.15) is 6.54 Å². The first-order valence-electron chi connectivity index (χ1n) is 8.44. The minimum absolute atomic E-state index is 0.0530. The number of carboxylic acid groups (broad SMARTS) is 1. The van der Waals surface area contributed by atoms with Crippen LogP contribution in [0.15, 0.2) is 24.3 Å². The van der Waals surface area contributed by atoms with Gasteiger partial charge < -0.3 is 10.4 Å². The predicted octanol–water partition coefficient (Wildman–Crippen LogP) is 1.35. The number of nitrogens with zero attached hydrogens (tertiary/aromatic N) is 1. The van der Waals surface area contributed by atoms with E-state index in [1.54, 1.807) is 6.07 Å². The maximum atomic E-state index is 12.6. The molecule has 0 unspecified atom stereocenters. The first-order chi connectivity index (χ1) is 12.0. The number of hydrogen-bond acceptors (Lipinski definition) is 4. The van der Waals surface area contributed by atoms with Crippen LogP contribution < -0.4 is 5.32 Å². The van der Waals surface area contributed by atoms with Gasteiger partial charge in [-0.1, -0.05) is 6.07 Å². The maximum absolute atomic E-state index is 12.6. The fraction of sp³-hybridized carbons (Fsp3) is 0.444. The fourth-order valence-corrected chi connectivity index (χ4v) is 4.70. The standard InChI is InChI=1S/C18H18N2O5/c21-13(19-12-3-1-2-11(7-12)18(24)25)8-20-16(22)14-9-4-5-10(6-9)15(14)17(20)23/h1-3,7,9-10,14-15H,4-6,8H2,(H,19,21)(H,24,25)/t9-,10+,14-,15+. The predicted molar refractivity (Wildman–Crippen MR) is 86.6 cm³/mol. The average Bonchev–Trinajstić information content (AvgIpc) is 3.25. The SMILES string of the molecule is O=C(CN1C(=O)[C@@H]2[C@@H]3CC[C@@H](C3)[C@@H]2C1=O)Nc1cccc(C(=O)O)c1. The van der Waals surface area contributed by atoms with Crippen LogP contribution in [0.2, 0.25) is 0 Å². The zero-order valence-corrected chi connectivity index (χ0v) is 13.5. The highest BCUT2D eigenvalue weighted by atomic mass is 16.4. The highest BCUT2D eigenvalue weighted by Crippen LogP contribution is 2.56. The lowest BCUT2D eigenvalue weighted by molar-refractivity contribution is -0.143. The number of anilines is 1. The van der Waals surface area contributed by atoms with E-state index in [2.05, 4.69) is 5.32 Å². The molecule has 130 valence electrons. The first kappa shape index (κ1) is 15.8. The molecular formula is C18H18N2O5. The summed E-state index contributed by atoms with van der Waals surface area (Å²) in [6.07, 6.45) is 2.94. The van der Waals surface area contributed by atoms with Gasteiger partial charge in [0, 0.05) is 5.69 Å². The third-order valence-corrected chi connectivity index (χ3v) is 5.71. The van der Waals surface area contributed by atoms with Gasteiger partial charge in [0.25, 0.3) is 0 Å². The summed E-state index contributed by atoms with van der Waals surface area (Å²) in [5.41, 5.74) is 0.376. The van der Waals surface area contributed by atoms with Crippen LogP contribution in [0.3, 0.4) is 0 Å². The van der Waals surface area contributed by atoms with Crippen molar-refractivity contribution in [3.8, 4) is 0 Å². The van der Waals surface area contributed by atoms with E-state index in [-0.39, 0.29) is 47.6 Å². The molecule has 2 N–H and O–H groups in total. The highest BCUT2D eigenvalue weighted by Gasteiger charge is 2.60. The summed E-state index contributed by atoms with van der Waals surface area (Å²) in [6, 6.07) is 5.84. The Balaban J connectivity index is 1.45. The topological polar surface area (TPSA) is 104 Å². The van der Waals surface area contributed by atoms with Crippen LogP contribution in [-0.2, 0) is 14.4 Å². The van der Waals surface area contributed by atoms with E-state index < -0.39 is 11.9 Å². The Morgan fingerprint density at radius 2 is 1.76 bits per heavy atom. The molecule has 2 bridgehead atoms. The van der Waals surface area contributed by atoms with Crippen molar-refractivity contribution in [2.24, 2.45) is 23.7 Å². The van der Waals surface area contributed by atoms with E-state index in [1.807, 2.05) is 0 Å². The van der Waals surface area contributed by atoms with Crippen molar-refractivity contribution < 1.29 is 24.3 Å². The van der Waals surface area contributed by atoms with E-state index in [1.165, 1.54) is 18.2 Å². The Morgan fingerprint density at radius 1 is 1.12 bits per heavy atom. The molecule has 3 amide bonds. The molecule has 1 aliphatic heterocycles. The van der Waals surface area contributed by atoms with Gasteiger partial charge in [-0.3, -0.25) is 19.3 Å². The van der Waals surface area contributed by atoms with E-state index >= 15 is 0 Å². The van der Waals surface area contributed by atoms with E-state index in [4.69, 9.17) is 5.11 Å². The zero-order chi connectivity index (χ0) is 17.7. The van der Waals surface area contributed by atoms with Crippen molar-refractivity contribution in [2.45, 2.75) is 19.3 Å². The van der Waals surface area contributed by atoms with Gasteiger partial charge in [-0.15, -0.1) is 0 Å². The summed E-state index contributed by atoms with van der Waals surface area (Å²) in [5.74, 6) is -1.96. The van der Waals surface area contributed by atoms with Crippen LogP contribution in [0.5, 0.6) is 0 Å². The Hall–Kier alpha value is -2.70. The summed E-state index contributed by atoms with van der Waals surface area (Å²) in [5, 5.41) is 11.5. The number of imide groups is 1. The number of carbonyl (C=O) groups excluding carboxylic acids is 3. The summed E-state index contributed by atoms with van der Waals surface area (Å²) >= 11 is 0. The molecule has 0 aromatic heterocycles. The molecule has 7 nitrogen and oxygen atoms in total. The molecular weight excluding hydrogens is 324 g/mol. The van der Waals surface area contributed by atoms with Crippen LogP contribution in [0, 0.1) is 23.7 Å². The lowest BCUT2D eigenvalue weighted by Crippen LogP contribution is -2.39. The zero-order valence-electron chi connectivity index (χ0n) is 13.5. The molecule has 4 atom stereocenters. The largest absolute Gasteiger partial charge is 0.478 e. The Labute approximate surface area is 144 Å². The van der Waals surface area contributed by atoms with Crippen LogP contribution in [0.25, 0.3) is 0 Å². The van der Waals surface area contributed by atoms with Gasteiger partial charge >= 0.3 is 5.97 Å². The number of fused-ring (bicyclic) bond motifs is 5. The molecule has 3 aliphatic rings. The van der Waals surface area contributed by atoms with E-state index in [9.17, 15) is 19.2 Å². The van der Waals surface area contributed by atoms with Crippen LogP contribution in [-0.4, -0.2) is 40.2 Å². The fourth-order valence-electron chi connectivity index (χ4n) is 4.70. The lowest BCUT2D eigenvalue weighted by atomic mass is 9.81. The third-order valence-electron chi connectivity index (χ3n) is 5.71. The van der Waals surface area contributed by atoms with Crippen molar-refractivity contribution >= 4 is 29.4 Å². The Kier molecular flexibility index (Phi) is 3.59. The number of likely N-dealkylation sites (tertiary alicyclic amines) is 1. The number of hydrogen-bond donors (Lipinski definition) is 2. The number of nitrogens with one attached hydrogen (secondary N) is 1. The quantitative estimate of drug-likeness (QED) is 0.804. The molecule has 2 saturated carbocycles. The van der Waals surface area contributed by atoms with Crippen LogP contribution >= 0.6 is 0 Å². The Bertz CT molecular complexity index is 761. The normalized spacial score (nSPS) is 29.8. The second kappa shape index (κ2) is 5.68. The summed E-state index contributed by atoms with van der Waals surface area (Å²) < 4.78 is 0. The number of benzene rings is 1. The first-order valence-corrected chi connectivity index (χ1v) is 8.44. The van der Waals surface area contributed by atoms with Crippen molar-refractivity contribution in [3.05, 3.63) is 29.8 Å². The molecule has 1 saturated heterocycles. The number of carbonyl (C=O) groups is 4. The minimum atomic E-state index is -1.09. The highest BCUT2D eigenvalue weighted by molar-refractivity contribution is 6.09. The summed E-state index contributed by atoms with van der Waals surface area (Å²) in [7, 11) is 0. The molecule has 2 aliphatic carbocycles. The number of aromatic carboxylic acids is 1. The second-order valence-corrected chi connectivity index (χ2v) is 7.08. The van der Waals surface area contributed by atoms with E-state index in [0.29, 0.717) is 5.69 Å². The number of amides is 3. The molecule has 25 heavy (non-hydrogen) atoms. The van der Waals surface area contributed by atoms with Crippen molar-refractivity contribution in [1.29, 1.82) is 0 Å². The summed E-state index contributed by atoms with van der Waals surface area (Å²) in [4.78, 5) is 49.4. The van der Waals surface area contributed by atoms with Crippen molar-refractivity contribution in [1.82, 2.24) is 4.90 Å². The third kappa shape index (κ3) is 2.50. The van der Waals surface area contributed by atoms with Crippen molar-refractivity contribution in [2.75, 3.05) is 11.9 Å². The van der Waals surface area contributed by atoms with Gasteiger partial charge in [0.15, 0.2) is 0 Å². The number of rotatable bonds is 4.